The molecular formula is C24H36N8O3. The number of aryl methyl sites for hydroxylation is 1. The Hall–Kier alpha value is -2.92. The molecule has 0 aliphatic carbocycles. The molecule has 11 nitrogen and oxygen atoms in total. The fourth-order valence-electron chi connectivity index (χ4n) is 5.54. The van der Waals surface area contributed by atoms with Gasteiger partial charge in [0.2, 0.25) is 0 Å². The summed E-state index contributed by atoms with van der Waals surface area (Å²) in [7, 11) is 1.76. The van der Waals surface area contributed by atoms with Crippen LogP contribution in [0.15, 0.2) is 12.3 Å². The summed E-state index contributed by atoms with van der Waals surface area (Å²) >= 11 is 0. The van der Waals surface area contributed by atoms with E-state index in [9.17, 15) is 9.59 Å². The van der Waals surface area contributed by atoms with Gasteiger partial charge in [0.25, 0.3) is 5.91 Å². The van der Waals surface area contributed by atoms with Crippen LogP contribution in [0.3, 0.4) is 0 Å². The molecule has 2 aromatic heterocycles. The highest BCUT2D eigenvalue weighted by Crippen LogP contribution is 2.37. The van der Waals surface area contributed by atoms with Crippen molar-refractivity contribution in [2.75, 3.05) is 38.2 Å². The molecule has 2 N–H and O–H groups in total. The Balaban J connectivity index is 1.23. The van der Waals surface area contributed by atoms with Crippen molar-refractivity contribution in [1.29, 1.82) is 0 Å². The van der Waals surface area contributed by atoms with Crippen molar-refractivity contribution in [1.82, 2.24) is 34.7 Å². The number of fused-ring (bicyclic) bond motifs is 1. The summed E-state index contributed by atoms with van der Waals surface area (Å²) in [5.74, 6) is 0.817. The Morgan fingerprint density at radius 1 is 1.14 bits per heavy atom. The Kier molecular flexibility index (Phi) is 6.54. The molecule has 2 aromatic rings. The highest BCUT2D eigenvalue weighted by atomic mass is 16.5. The molecule has 35 heavy (non-hydrogen) atoms. The number of aromatic nitrogens is 4. The average Bonchev–Trinajstić information content (AvgIpc) is 3.53. The number of hydrogen-bond donors (Lipinski definition) is 2. The van der Waals surface area contributed by atoms with E-state index >= 15 is 0 Å². The molecule has 2 fully saturated rings. The lowest BCUT2D eigenvalue weighted by molar-refractivity contribution is 0.0127. The highest BCUT2D eigenvalue weighted by molar-refractivity contribution is 6.02. The van der Waals surface area contributed by atoms with Gasteiger partial charge in [0.05, 0.1) is 18.3 Å². The van der Waals surface area contributed by atoms with Crippen molar-refractivity contribution in [3.8, 4) is 0 Å². The van der Waals surface area contributed by atoms with Crippen LogP contribution in [0.25, 0.3) is 0 Å². The minimum Gasteiger partial charge on any atom is -0.381 e. The maximum Gasteiger partial charge on any atom is 0.321 e. The second-order valence-electron chi connectivity index (χ2n) is 10.2. The SMILES string of the molecule is CC1c2[nH]nc(NC(=O)c3ccn(C)n3)c2CN1C(=O)N1C[C@@H](C)N(CC2CCOCC2)C[C@@H]1C. The minimum atomic E-state index is -0.319. The number of aromatic amines is 1. The average molecular weight is 485 g/mol. The first-order valence-corrected chi connectivity index (χ1v) is 12.6. The number of carbonyl (C=O) groups is 2. The number of amides is 3. The molecule has 1 unspecified atom stereocenters. The highest BCUT2D eigenvalue weighted by Gasteiger charge is 2.41. The Bertz CT molecular complexity index is 1070. The molecule has 0 aromatic carbocycles. The number of nitrogens with zero attached hydrogens (tertiary/aromatic N) is 6. The number of rotatable bonds is 4. The zero-order valence-electron chi connectivity index (χ0n) is 21.0. The molecule has 0 saturated carbocycles. The van der Waals surface area contributed by atoms with Crippen molar-refractivity contribution in [2.45, 2.75) is 58.3 Å². The number of nitrogens with one attached hydrogen (secondary N) is 2. The van der Waals surface area contributed by atoms with E-state index in [1.807, 2.05) is 16.7 Å². The van der Waals surface area contributed by atoms with Crippen molar-refractivity contribution < 1.29 is 14.3 Å². The maximum absolute atomic E-state index is 13.7. The molecule has 0 bridgehead atoms. The number of H-pyrrole nitrogens is 1. The lowest BCUT2D eigenvalue weighted by Gasteiger charge is -2.46. The van der Waals surface area contributed by atoms with Gasteiger partial charge in [-0.15, -0.1) is 0 Å². The summed E-state index contributed by atoms with van der Waals surface area (Å²) in [6.07, 6.45) is 3.96. The molecule has 2 saturated heterocycles. The third-order valence-electron chi connectivity index (χ3n) is 7.73. The summed E-state index contributed by atoms with van der Waals surface area (Å²) in [5.41, 5.74) is 2.05. The smallest absolute Gasteiger partial charge is 0.321 e. The van der Waals surface area contributed by atoms with E-state index in [1.165, 1.54) is 0 Å². The van der Waals surface area contributed by atoms with Gasteiger partial charge in [0, 0.05) is 63.7 Å². The van der Waals surface area contributed by atoms with Gasteiger partial charge in [-0.1, -0.05) is 0 Å². The fourth-order valence-corrected chi connectivity index (χ4v) is 5.54. The van der Waals surface area contributed by atoms with Crippen LogP contribution in [-0.4, -0.2) is 91.5 Å². The minimum absolute atomic E-state index is 0.0363. The van der Waals surface area contributed by atoms with Crippen molar-refractivity contribution in [3.63, 3.8) is 0 Å². The van der Waals surface area contributed by atoms with Crippen LogP contribution >= 0.6 is 0 Å². The third kappa shape index (κ3) is 4.66. The van der Waals surface area contributed by atoms with Gasteiger partial charge in [-0.25, -0.2) is 4.79 Å². The van der Waals surface area contributed by atoms with Crippen LogP contribution in [0.4, 0.5) is 10.6 Å². The predicted molar refractivity (Wildman–Crippen MR) is 130 cm³/mol. The fraction of sp³-hybridized carbons (Fsp3) is 0.667. The molecule has 3 aliphatic heterocycles. The largest absolute Gasteiger partial charge is 0.381 e. The van der Waals surface area contributed by atoms with Crippen molar-refractivity contribution in [2.24, 2.45) is 13.0 Å². The second kappa shape index (κ2) is 9.62. The first-order chi connectivity index (χ1) is 16.8. The summed E-state index contributed by atoms with van der Waals surface area (Å²) in [4.78, 5) is 32.7. The monoisotopic (exact) mass is 484 g/mol. The van der Waals surface area contributed by atoms with E-state index < -0.39 is 0 Å². The van der Waals surface area contributed by atoms with Crippen molar-refractivity contribution >= 4 is 17.8 Å². The van der Waals surface area contributed by atoms with E-state index in [2.05, 4.69) is 39.4 Å². The first-order valence-electron chi connectivity index (χ1n) is 12.6. The summed E-state index contributed by atoms with van der Waals surface area (Å²) in [6, 6.07) is 1.99. The summed E-state index contributed by atoms with van der Waals surface area (Å²) < 4.78 is 7.10. The van der Waals surface area contributed by atoms with Gasteiger partial charge in [0.15, 0.2) is 11.5 Å². The molecule has 0 radical (unpaired) electrons. The van der Waals surface area contributed by atoms with Gasteiger partial charge in [-0.2, -0.15) is 10.2 Å². The lowest BCUT2D eigenvalue weighted by atomic mass is 9.97. The van der Waals surface area contributed by atoms with E-state index in [0.29, 0.717) is 36.6 Å². The van der Waals surface area contributed by atoms with E-state index in [-0.39, 0.29) is 24.0 Å². The first kappa shape index (κ1) is 23.8. The van der Waals surface area contributed by atoms with Crippen LogP contribution in [0.5, 0.6) is 0 Å². The number of piperazine rings is 1. The van der Waals surface area contributed by atoms with Crippen LogP contribution in [-0.2, 0) is 18.3 Å². The van der Waals surface area contributed by atoms with Crippen LogP contribution in [0.2, 0.25) is 0 Å². The predicted octanol–water partition coefficient (Wildman–Crippen LogP) is 2.21. The van der Waals surface area contributed by atoms with Crippen molar-refractivity contribution in [3.05, 3.63) is 29.2 Å². The number of anilines is 1. The molecule has 5 heterocycles. The molecule has 190 valence electrons. The molecule has 11 heteroatoms. The Labute approximate surface area is 205 Å². The topological polar surface area (TPSA) is 112 Å². The van der Waals surface area contributed by atoms with E-state index in [0.717, 1.165) is 50.4 Å². The van der Waals surface area contributed by atoms with Crippen LogP contribution in [0.1, 0.15) is 61.4 Å². The zero-order chi connectivity index (χ0) is 24.7. The van der Waals surface area contributed by atoms with Gasteiger partial charge < -0.3 is 19.9 Å². The van der Waals surface area contributed by atoms with Gasteiger partial charge >= 0.3 is 6.03 Å². The number of ether oxygens (including phenoxy) is 1. The van der Waals surface area contributed by atoms with Crippen LogP contribution < -0.4 is 5.32 Å². The van der Waals surface area contributed by atoms with Crippen LogP contribution in [0, 0.1) is 5.92 Å². The number of carbonyl (C=O) groups excluding carboxylic acids is 2. The molecule has 3 aliphatic rings. The number of hydrogen-bond acceptors (Lipinski definition) is 6. The lowest BCUT2D eigenvalue weighted by Crippen LogP contribution is -2.60. The van der Waals surface area contributed by atoms with Gasteiger partial charge in [-0.3, -0.25) is 19.5 Å². The van der Waals surface area contributed by atoms with E-state index in [1.54, 1.807) is 24.0 Å². The third-order valence-corrected chi connectivity index (χ3v) is 7.73. The normalized spacial score (nSPS) is 25.7. The second-order valence-corrected chi connectivity index (χ2v) is 10.2. The molecule has 5 rings (SSSR count). The Morgan fingerprint density at radius 2 is 1.91 bits per heavy atom. The van der Waals surface area contributed by atoms with E-state index in [4.69, 9.17) is 4.74 Å². The van der Waals surface area contributed by atoms with Gasteiger partial charge in [-0.05, 0) is 45.6 Å². The Morgan fingerprint density at radius 3 is 2.63 bits per heavy atom. The zero-order valence-corrected chi connectivity index (χ0v) is 21.0. The summed E-state index contributed by atoms with van der Waals surface area (Å²) in [5, 5.41) is 14.3. The maximum atomic E-state index is 13.7. The number of urea groups is 1. The molecule has 3 atom stereocenters. The summed E-state index contributed by atoms with van der Waals surface area (Å²) in [6.45, 7) is 11.2. The quantitative estimate of drug-likeness (QED) is 0.688. The standard InChI is InChI=1S/C24H36N8O3/c1-15-12-31(16(2)11-30(15)13-18-6-9-35-10-7-18)24(34)32-14-19-21(17(32)3)26-27-22(19)25-23(33)20-5-8-29(4)28-20/h5,8,15-18H,6-7,9-14H2,1-4H3,(H2,25,26,27,33)/t15-,16+,17?/m1/s1. The molecule has 3 amide bonds. The molecular weight excluding hydrogens is 448 g/mol. The molecule has 0 spiro atoms. The van der Waals surface area contributed by atoms with Gasteiger partial charge in [0.1, 0.15) is 0 Å².